The topological polar surface area (TPSA) is 101 Å². The molecule has 1 atom stereocenters. The van der Waals surface area contributed by atoms with Crippen LogP contribution in [0.1, 0.15) is 30.0 Å². The summed E-state index contributed by atoms with van der Waals surface area (Å²) in [6.07, 6.45) is -0.290. The third-order valence-corrected chi connectivity index (χ3v) is 4.46. The van der Waals surface area contributed by atoms with Gasteiger partial charge in [-0.25, -0.2) is 4.98 Å². The van der Waals surface area contributed by atoms with Gasteiger partial charge in [-0.1, -0.05) is 6.07 Å². The molecule has 1 aromatic carbocycles. The quantitative estimate of drug-likeness (QED) is 0.766. The van der Waals surface area contributed by atoms with Crippen molar-refractivity contribution in [1.29, 1.82) is 0 Å². The summed E-state index contributed by atoms with van der Waals surface area (Å²) in [7, 11) is 3.01. The number of methoxy groups -OCH3 is 2. The number of benzene rings is 1. The first-order valence-corrected chi connectivity index (χ1v) is 8.44. The predicted octanol–water partition coefficient (Wildman–Crippen LogP) is 1.72. The van der Waals surface area contributed by atoms with Crippen LogP contribution in [0, 0.1) is 6.92 Å². The molecule has 0 aliphatic heterocycles. The van der Waals surface area contributed by atoms with Crippen LogP contribution in [0.25, 0.3) is 0 Å². The molecule has 0 spiro atoms. The molecule has 2 aromatic rings. The number of hydrogen-bond donors (Lipinski definition) is 1. The monoisotopic (exact) mass is 363 g/mol. The highest BCUT2D eigenvalue weighted by Crippen LogP contribution is 2.33. The number of carbonyl (C=O) groups is 2. The minimum Gasteiger partial charge on any atom is -0.550 e. The van der Waals surface area contributed by atoms with Gasteiger partial charge in [-0.2, -0.15) is 0 Å². The number of ether oxygens (including phenoxy) is 2. The van der Waals surface area contributed by atoms with Gasteiger partial charge in [-0.3, -0.25) is 4.79 Å². The Labute approximate surface area is 149 Å². The average molecular weight is 363 g/mol. The molecule has 8 heteroatoms. The molecule has 0 saturated carbocycles. The number of nitrogens with one attached hydrogen (secondary N) is 1. The van der Waals surface area contributed by atoms with Gasteiger partial charge in [-0.15, -0.1) is 11.3 Å². The van der Waals surface area contributed by atoms with E-state index in [0.29, 0.717) is 22.2 Å². The molecular weight excluding hydrogens is 344 g/mol. The number of thiazole rings is 1. The van der Waals surface area contributed by atoms with Crippen molar-refractivity contribution in [3.05, 3.63) is 34.8 Å². The smallest absolute Gasteiger partial charge is 0.226 e. The Morgan fingerprint density at radius 3 is 2.52 bits per heavy atom. The van der Waals surface area contributed by atoms with Crippen molar-refractivity contribution in [2.45, 2.75) is 25.7 Å². The summed E-state index contributed by atoms with van der Waals surface area (Å²) in [6.45, 7) is 1.83. The van der Waals surface area contributed by atoms with Crippen LogP contribution in [0.3, 0.4) is 0 Å². The van der Waals surface area contributed by atoms with E-state index in [4.69, 9.17) is 9.47 Å². The van der Waals surface area contributed by atoms with E-state index in [1.165, 1.54) is 25.6 Å². The molecule has 7 nitrogen and oxygen atoms in total. The van der Waals surface area contributed by atoms with Crippen molar-refractivity contribution in [2.75, 3.05) is 19.5 Å². The SMILES string of the molecule is COc1ccc([C@H](CC(=O)[O-])CC(=O)Nc2nc(C)cs2)cc1OC. The van der Waals surface area contributed by atoms with Crippen LogP contribution >= 0.6 is 11.3 Å². The summed E-state index contributed by atoms with van der Waals surface area (Å²) in [5.41, 5.74) is 1.47. The van der Waals surface area contributed by atoms with Crippen molar-refractivity contribution in [1.82, 2.24) is 4.98 Å². The lowest BCUT2D eigenvalue weighted by Crippen LogP contribution is -2.26. The van der Waals surface area contributed by atoms with E-state index in [1.807, 2.05) is 12.3 Å². The van der Waals surface area contributed by atoms with E-state index in [-0.39, 0.29) is 18.7 Å². The lowest BCUT2D eigenvalue weighted by Gasteiger charge is -2.19. The van der Waals surface area contributed by atoms with Crippen LogP contribution in [-0.2, 0) is 9.59 Å². The largest absolute Gasteiger partial charge is 0.550 e. The summed E-state index contributed by atoms with van der Waals surface area (Å²) < 4.78 is 10.4. The number of aryl methyl sites for hydroxylation is 1. The minimum atomic E-state index is -1.22. The molecule has 0 bridgehead atoms. The Balaban J connectivity index is 2.17. The third-order valence-electron chi connectivity index (χ3n) is 3.59. The summed E-state index contributed by atoms with van der Waals surface area (Å²) in [6, 6.07) is 5.07. The van der Waals surface area contributed by atoms with Crippen LogP contribution in [0.15, 0.2) is 23.6 Å². The van der Waals surface area contributed by atoms with Gasteiger partial charge in [0.1, 0.15) is 0 Å². The Kier molecular flexibility index (Phi) is 6.35. The molecule has 1 amide bonds. The Morgan fingerprint density at radius 1 is 1.24 bits per heavy atom. The molecule has 1 heterocycles. The molecule has 0 saturated heterocycles. The van der Waals surface area contributed by atoms with Crippen LogP contribution in [0.4, 0.5) is 5.13 Å². The van der Waals surface area contributed by atoms with Gasteiger partial charge in [0, 0.05) is 17.8 Å². The zero-order valence-corrected chi connectivity index (χ0v) is 15.0. The molecule has 25 heavy (non-hydrogen) atoms. The molecular formula is C17H19N2O5S-. The molecule has 2 rings (SSSR count). The van der Waals surface area contributed by atoms with Crippen molar-refractivity contribution in [3.63, 3.8) is 0 Å². The third kappa shape index (κ3) is 5.18. The van der Waals surface area contributed by atoms with Crippen molar-refractivity contribution >= 4 is 28.3 Å². The maximum Gasteiger partial charge on any atom is 0.226 e. The molecule has 0 aliphatic carbocycles. The van der Waals surface area contributed by atoms with Crippen molar-refractivity contribution in [2.24, 2.45) is 0 Å². The van der Waals surface area contributed by atoms with Crippen LogP contribution in [0.2, 0.25) is 0 Å². The Hall–Kier alpha value is -2.61. The van der Waals surface area contributed by atoms with Gasteiger partial charge in [0.05, 0.1) is 19.9 Å². The maximum absolute atomic E-state index is 12.3. The molecule has 0 aliphatic rings. The van der Waals surface area contributed by atoms with Gasteiger partial charge < -0.3 is 24.7 Å². The van der Waals surface area contributed by atoms with E-state index in [0.717, 1.165) is 5.69 Å². The van der Waals surface area contributed by atoms with Crippen LogP contribution in [0.5, 0.6) is 11.5 Å². The highest BCUT2D eigenvalue weighted by Gasteiger charge is 2.19. The zero-order chi connectivity index (χ0) is 18.4. The van der Waals surface area contributed by atoms with E-state index < -0.39 is 11.9 Å². The van der Waals surface area contributed by atoms with Gasteiger partial charge in [0.2, 0.25) is 5.91 Å². The number of carboxylic acids is 1. The van der Waals surface area contributed by atoms with Crippen LogP contribution < -0.4 is 19.9 Å². The van der Waals surface area contributed by atoms with Gasteiger partial charge >= 0.3 is 0 Å². The lowest BCUT2D eigenvalue weighted by atomic mass is 9.92. The molecule has 0 radical (unpaired) electrons. The lowest BCUT2D eigenvalue weighted by molar-refractivity contribution is -0.306. The fraction of sp³-hybridized carbons (Fsp3) is 0.353. The number of carboxylic acid groups (broad SMARTS) is 1. The van der Waals surface area contributed by atoms with E-state index >= 15 is 0 Å². The predicted molar refractivity (Wildman–Crippen MR) is 92.0 cm³/mol. The summed E-state index contributed by atoms with van der Waals surface area (Å²) in [4.78, 5) is 27.5. The Bertz CT molecular complexity index is 759. The fourth-order valence-electron chi connectivity index (χ4n) is 2.42. The molecule has 0 fully saturated rings. The number of amides is 1. The number of rotatable bonds is 8. The number of anilines is 1. The second kappa shape index (κ2) is 8.48. The highest BCUT2D eigenvalue weighted by molar-refractivity contribution is 7.13. The standard InChI is InChI=1S/C17H20N2O5S/c1-10-9-25-17(18-10)19-15(20)7-12(8-16(21)22)11-4-5-13(23-2)14(6-11)24-3/h4-6,9,12H,7-8H2,1-3H3,(H,21,22)(H,18,19,20)/p-1/t12-/m0/s1. The molecule has 1 aromatic heterocycles. The van der Waals surface area contributed by atoms with E-state index in [1.54, 1.807) is 18.2 Å². The van der Waals surface area contributed by atoms with E-state index in [9.17, 15) is 14.7 Å². The van der Waals surface area contributed by atoms with Gasteiger partial charge in [-0.05, 0) is 37.0 Å². The first-order chi connectivity index (χ1) is 11.9. The van der Waals surface area contributed by atoms with Gasteiger partial charge in [0.25, 0.3) is 0 Å². The number of carbonyl (C=O) groups excluding carboxylic acids is 2. The summed E-state index contributed by atoms with van der Waals surface area (Å²) in [5, 5.41) is 16.1. The van der Waals surface area contributed by atoms with E-state index in [2.05, 4.69) is 10.3 Å². The second-order valence-electron chi connectivity index (χ2n) is 5.43. The number of aromatic nitrogens is 1. The number of aliphatic carboxylic acids is 1. The minimum absolute atomic E-state index is 0.0118. The van der Waals surface area contributed by atoms with Gasteiger partial charge in [0.15, 0.2) is 16.6 Å². The molecule has 0 unspecified atom stereocenters. The second-order valence-corrected chi connectivity index (χ2v) is 6.29. The summed E-state index contributed by atoms with van der Waals surface area (Å²) in [5.74, 6) is -1.08. The first kappa shape index (κ1) is 18.7. The number of nitrogens with zero attached hydrogens (tertiary/aromatic N) is 1. The Morgan fingerprint density at radius 2 is 1.96 bits per heavy atom. The molecule has 1 N–H and O–H groups in total. The van der Waals surface area contributed by atoms with Crippen molar-refractivity contribution < 1.29 is 24.2 Å². The van der Waals surface area contributed by atoms with Crippen LogP contribution in [-0.4, -0.2) is 31.1 Å². The average Bonchev–Trinajstić information content (AvgIpc) is 2.97. The zero-order valence-electron chi connectivity index (χ0n) is 14.2. The fourth-order valence-corrected chi connectivity index (χ4v) is 3.13. The highest BCUT2D eigenvalue weighted by atomic mass is 32.1. The maximum atomic E-state index is 12.3. The number of hydrogen-bond acceptors (Lipinski definition) is 7. The normalized spacial score (nSPS) is 11.6. The summed E-state index contributed by atoms with van der Waals surface area (Å²) >= 11 is 1.32. The first-order valence-electron chi connectivity index (χ1n) is 7.56. The van der Waals surface area contributed by atoms with Crippen molar-refractivity contribution in [3.8, 4) is 11.5 Å². The molecule has 134 valence electrons.